The second-order valence-electron chi connectivity index (χ2n) is 9.04. The van der Waals surface area contributed by atoms with Crippen LogP contribution < -0.4 is 14.3 Å². The van der Waals surface area contributed by atoms with Gasteiger partial charge in [-0.05, 0) is 66.7 Å². The molecule has 5 rings (SSSR count). The molecule has 1 heterocycles. The molecule has 8 nitrogen and oxygen atoms in total. The average Bonchev–Trinajstić information content (AvgIpc) is 2.92. The summed E-state index contributed by atoms with van der Waals surface area (Å²) < 4.78 is 94.8. The number of anilines is 3. The van der Waals surface area contributed by atoms with Gasteiger partial charge in [0.1, 0.15) is 6.54 Å². The summed E-state index contributed by atoms with van der Waals surface area (Å²) in [5.74, 6) is -0.714. The molecule has 1 amide bonds. The van der Waals surface area contributed by atoms with Gasteiger partial charge < -0.3 is 5.32 Å². The molecule has 4 aromatic rings. The van der Waals surface area contributed by atoms with Crippen molar-refractivity contribution < 1.29 is 34.8 Å². The zero-order valence-electron chi connectivity index (χ0n) is 21.0. The molecule has 0 bridgehead atoms. The Hall–Kier alpha value is -3.78. The Morgan fingerprint density at radius 1 is 0.857 bits per heavy atom. The van der Waals surface area contributed by atoms with Crippen molar-refractivity contribution in [2.75, 3.05) is 20.9 Å². The molecule has 0 atom stereocenters. The van der Waals surface area contributed by atoms with Crippen molar-refractivity contribution >= 4 is 66.2 Å². The number of hydrogen-bond donors (Lipinski definition) is 2. The van der Waals surface area contributed by atoms with Crippen LogP contribution >= 0.6 is 23.2 Å². The Bertz CT molecular complexity index is 1940. The van der Waals surface area contributed by atoms with Gasteiger partial charge in [0.2, 0.25) is 5.91 Å². The molecule has 0 aromatic heterocycles. The number of nitrogens with zero attached hydrogens (tertiary/aromatic N) is 1. The van der Waals surface area contributed by atoms with Crippen LogP contribution in [-0.4, -0.2) is 29.3 Å². The van der Waals surface area contributed by atoms with Crippen LogP contribution in [0.25, 0.3) is 11.1 Å². The molecule has 0 spiro atoms. The summed E-state index contributed by atoms with van der Waals surface area (Å²) in [6, 6.07) is 18.3. The van der Waals surface area contributed by atoms with E-state index in [-0.39, 0.29) is 26.9 Å². The summed E-state index contributed by atoms with van der Waals surface area (Å²) in [5.41, 5.74) is -0.161. The van der Waals surface area contributed by atoms with Gasteiger partial charge in [0.05, 0.1) is 26.1 Å². The molecule has 0 saturated heterocycles. The van der Waals surface area contributed by atoms with E-state index in [4.69, 9.17) is 23.2 Å². The zero-order valence-corrected chi connectivity index (χ0v) is 24.1. The Balaban J connectivity index is 1.33. The molecule has 4 aromatic carbocycles. The van der Waals surface area contributed by atoms with Crippen molar-refractivity contribution in [3.05, 3.63) is 101 Å². The molecule has 0 saturated carbocycles. The van der Waals surface area contributed by atoms with Crippen molar-refractivity contribution in [1.29, 1.82) is 0 Å². The number of halogens is 5. The van der Waals surface area contributed by atoms with Gasteiger partial charge in [0, 0.05) is 27.5 Å². The quantitative estimate of drug-likeness (QED) is 0.242. The molecule has 42 heavy (non-hydrogen) atoms. The molecular formula is C27H18Cl2F3N3O5S2. The number of sulfonamides is 2. The van der Waals surface area contributed by atoms with Crippen LogP contribution in [0.3, 0.4) is 0 Å². The Labute approximate surface area is 248 Å². The number of hydrogen-bond acceptors (Lipinski definition) is 5. The van der Waals surface area contributed by atoms with Crippen LogP contribution in [0, 0.1) is 0 Å². The highest BCUT2D eigenvalue weighted by Crippen LogP contribution is 2.44. The topological polar surface area (TPSA) is 113 Å². The van der Waals surface area contributed by atoms with E-state index in [2.05, 4.69) is 10.0 Å². The molecule has 0 radical (unpaired) electrons. The number of carbonyl (C=O) groups excluding carboxylic acids is 1. The van der Waals surface area contributed by atoms with E-state index in [0.29, 0.717) is 22.2 Å². The zero-order chi connectivity index (χ0) is 30.4. The first-order valence-electron chi connectivity index (χ1n) is 11.9. The first-order valence-corrected chi connectivity index (χ1v) is 15.6. The smallest absolute Gasteiger partial charge is 0.325 e. The van der Waals surface area contributed by atoms with Crippen LogP contribution in [0.2, 0.25) is 10.0 Å². The molecule has 2 N–H and O–H groups in total. The van der Waals surface area contributed by atoms with E-state index in [1.165, 1.54) is 30.3 Å². The summed E-state index contributed by atoms with van der Waals surface area (Å²) in [6.45, 7) is -0.592. The van der Waals surface area contributed by atoms with Crippen molar-refractivity contribution in [3.8, 4) is 11.1 Å². The molecule has 15 heteroatoms. The van der Waals surface area contributed by atoms with Crippen LogP contribution in [0.5, 0.6) is 0 Å². The maximum atomic E-state index is 13.4. The maximum Gasteiger partial charge on any atom is 0.417 e. The van der Waals surface area contributed by atoms with Gasteiger partial charge in [-0.25, -0.2) is 16.8 Å². The van der Waals surface area contributed by atoms with Crippen LogP contribution in [0.15, 0.2) is 94.7 Å². The summed E-state index contributed by atoms with van der Waals surface area (Å²) in [7, 11) is -8.41. The summed E-state index contributed by atoms with van der Waals surface area (Å²) >= 11 is 11.7. The maximum absolute atomic E-state index is 13.4. The highest BCUT2D eigenvalue weighted by molar-refractivity contribution is 7.93. The lowest BCUT2D eigenvalue weighted by molar-refractivity contribution is -0.137. The number of benzene rings is 4. The minimum atomic E-state index is -4.79. The van der Waals surface area contributed by atoms with Gasteiger partial charge in [0.25, 0.3) is 20.0 Å². The van der Waals surface area contributed by atoms with Gasteiger partial charge in [0.15, 0.2) is 0 Å². The number of fused-ring (bicyclic) bond motifs is 3. The highest BCUT2D eigenvalue weighted by Gasteiger charge is 2.36. The van der Waals surface area contributed by atoms with E-state index >= 15 is 0 Å². The summed E-state index contributed by atoms with van der Waals surface area (Å²) in [5, 5.41) is 2.32. The van der Waals surface area contributed by atoms with Crippen molar-refractivity contribution in [1.82, 2.24) is 0 Å². The van der Waals surface area contributed by atoms with E-state index in [0.717, 1.165) is 28.6 Å². The standard InChI is InChI=1S/C27H18Cl2F3N3O5S2/c28-16-5-12-24-21(13-16)20-3-1-2-4-25(20)42(39,40)35(24)15-26(36)33-17-6-9-19(10-7-17)41(37,38)34-18-8-11-23(29)22(14-18)27(30,31)32/h1-14,34H,15H2,(H,33,36). The SMILES string of the molecule is O=C(CN1c2ccc(Cl)cc2-c2ccccc2S1(=O)=O)Nc1ccc(S(=O)(=O)Nc2ccc(Cl)c(C(F)(F)F)c2)cc1. The van der Waals surface area contributed by atoms with Crippen LogP contribution in [-0.2, 0) is 31.0 Å². The third-order valence-corrected chi connectivity index (χ3v) is 10.0. The molecule has 0 fully saturated rings. The second-order valence-corrected chi connectivity index (χ2v) is 13.4. The molecule has 1 aliphatic heterocycles. The molecule has 218 valence electrons. The Morgan fingerprint density at radius 3 is 2.21 bits per heavy atom. The molecule has 0 unspecified atom stereocenters. The highest BCUT2D eigenvalue weighted by atomic mass is 35.5. The first kappa shape index (κ1) is 29.7. The Kier molecular flexibility index (Phi) is 7.64. The van der Waals surface area contributed by atoms with Crippen molar-refractivity contribution in [2.45, 2.75) is 16.0 Å². The average molecular weight is 656 g/mol. The monoisotopic (exact) mass is 655 g/mol. The second kappa shape index (κ2) is 10.8. The predicted octanol–water partition coefficient (Wildman–Crippen LogP) is 6.63. The van der Waals surface area contributed by atoms with Gasteiger partial charge in [-0.15, -0.1) is 0 Å². The number of carbonyl (C=O) groups is 1. The molecular weight excluding hydrogens is 638 g/mol. The van der Waals surface area contributed by atoms with Crippen LogP contribution in [0.4, 0.5) is 30.2 Å². The summed E-state index contributed by atoms with van der Waals surface area (Å²) in [4.78, 5) is 12.7. The number of nitrogens with one attached hydrogen (secondary N) is 2. The lowest BCUT2D eigenvalue weighted by Gasteiger charge is -2.31. The van der Waals surface area contributed by atoms with Crippen LogP contribution in [0.1, 0.15) is 5.56 Å². The van der Waals surface area contributed by atoms with E-state index in [1.807, 2.05) is 0 Å². The van der Waals surface area contributed by atoms with E-state index < -0.39 is 49.3 Å². The summed E-state index contributed by atoms with van der Waals surface area (Å²) in [6.07, 6.45) is -4.79. The third-order valence-electron chi connectivity index (χ3n) is 6.23. The molecule has 1 aliphatic rings. The predicted molar refractivity (Wildman–Crippen MR) is 154 cm³/mol. The van der Waals surface area contributed by atoms with Crippen molar-refractivity contribution in [3.63, 3.8) is 0 Å². The minimum Gasteiger partial charge on any atom is -0.325 e. The third kappa shape index (κ3) is 5.77. The van der Waals surface area contributed by atoms with Crippen molar-refractivity contribution in [2.24, 2.45) is 0 Å². The Morgan fingerprint density at radius 2 is 1.52 bits per heavy atom. The number of rotatable bonds is 6. The normalized spacial score (nSPS) is 14.1. The van der Waals surface area contributed by atoms with Gasteiger partial charge in [-0.3, -0.25) is 13.8 Å². The first-order chi connectivity index (χ1) is 19.7. The number of amides is 1. The lowest BCUT2D eigenvalue weighted by atomic mass is 10.0. The van der Waals surface area contributed by atoms with E-state index in [1.54, 1.807) is 24.3 Å². The van der Waals surface area contributed by atoms with Gasteiger partial charge in [-0.1, -0.05) is 41.4 Å². The fourth-order valence-electron chi connectivity index (χ4n) is 4.34. The fraction of sp³-hybridized carbons (Fsp3) is 0.0741. The lowest BCUT2D eigenvalue weighted by Crippen LogP contribution is -2.40. The molecule has 0 aliphatic carbocycles. The van der Waals surface area contributed by atoms with Gasteiger partial charge in [-0.2, -0.15) is 13.2 Å². The van der Waals surface area contributed by atoms with E-state index in [9.17, 15) is 34.8 Å². The van der Waals surface area contributed by atoms with Gasteiger partial charge >= 0.3 is 6.18 Å². The fourth-order valence-corrected chi connectivity index (χ4v) is 7.44. The minimum absolute atomic E-state index is 0.0117. The number of alkyl halides is 3. The largest absolute Gasteiger partial charge is 0.417 e.